The highest BCUT2D eigenvalue weighted by Crippen LogP contribution is 2.23. The molecule has 110 valence electrons. The second-order valence-electron chi connectivity index (χ2n) is 4.77. The summed E-state index contributed by atoms with van der Waals surface area (Å²) < 4.78 is 0. The van der Waals surface area contributed by atoms with Gasteiger partial charge in [0.2, 0.25) is 0 Å². The molecular weight excluding hydrogens is 286 g/mol. The zero-order valence-corrected chi connectivity index (χ0v) is 12.9. The van der Waals surface area contributed by atoms with E-state index in [1.807, 2.05) is 38.1 Å². The lowest BCUT2D eigenvalue weighted by atomic mass is 10.2. The monoisotopic (exact) mass is 303 g/mol. The van der Waals surface area contributed by atoms with Gasteiger partial charge in [-0.05, 0) is 43.2 Å². The van der Waals surface area contributed by atoms with Gasteiger partial charge in [-0.1, -0.05) is 24.6 Å². The number of anilines is 2. The van der Waals surface area contributed by atoms with E-state index in [2.05, 4.69) is 15.6 Å². The van der Waals surface area contributed by atoms with Gasteiger partial charge in [0.1, 0.15) is 5.69 Å². The largest absolute Gasteiger partial charge is 0.355 e. The summed E-state index contributed by atoms with van der Waals surface area (Å²) >= 11 is 6.10. The summed E-state index contributed by atoms with van der Waals surface area (Å²) in [7, 11) is 0. The summed E-state index contributed by atoms with van der Waals surface area (Å²) in [4.78, 5) is 16.0. The molecule has 1 amide bonds. The molecule has 1 aromatic heterocycles. The van der Waals surface area contributed by atoms with E-state index in [9.17, 15) is 4.79 Å². The predicted octanol–water partition coefficient (Wildman–Crippen LogP) is 3.93. The van der Waals surface area contributed by atoms with Crippen LogP contribution in [0.5, 0.6) is 0 Å². The van der Waals surface area contributed by atoms with Crippen LogP contribution in [0.2, 0.25) is 5.02 Å². The second-order valence-corrected chi connectivity index (χ2v) is 5.18. The van der Waals surface area contributed by atoms with Crippen molar-refractivity contribution in [2.24, 2.45) is 0 Å². The Kier molecular flexibility index (Phi) is 5.17. The Labute approximate surface area is 129 Å². The molecule has 0 aliphatic heterocycles. The van der Waals surface area contributed by atoms with Gasteiger partial charge < -0.3 is 10.6 Å². The van der Waals surface area contributed by atoms with E-state index in [0.29, 0.717) is 17.3 Å². The summed E-state index contributed by atoms with van der Waals surface area (Å²) in [6.45, 7) is 4.60. The second kappa shape index (κ2) is 7.09. The van der Waals surface area contributed by atoms with Crippen molar-refractivity contribution in [1.82, 2.24) is 10.3 Å². The fourth-order valence-corrected chi connectivity index (χ4v) is 1.98. The van der Waals surface area contributed by atoms with Crippen LogP contribution in [0.25, 0.3) is 0 Å². The molecule has 0 fully saturated rings. The number of halogens is 1. The highest BCUT2D eigenvalue weighted by atomic mass is 35.5. The first-order valence-electron chi connectivity index (χ1n) is 6.87. The molecule has 0 saturated heterocycles. The third-order valence-corrected chi connectivity index (χ3v) is 3.40. The molecule has 0 radical (unpaired) electrons. The maximum absolute atomic E-state index is 11.9. The summed E-state index contributed by atoms with van der Waals surface area (Å²) in [5.41, 5.74) is 3.09. The SMILES string of the molecule is CCCNC(=O)c1cc(Nc2ccc(C)c(Cl)c2)ccn1. The molecule has 2 N–H and O–H groups in total. The number of benzene rings is 1. The number of nitrogens with zero attached hydrogens (tertiary/aromatic N) is 1. The number of pyridine rings is 1. The number of amides is 1. The molecule has 1 aromatic carbocycles. The molecule has 2 aromatic rings. The van der Waals surface area contributed by atoms with Crippen molar-refractivity contribution in [3.05, 3.63) is 52.8 Å². The molecule has 0 unspecified atom stereocenters. The van der Waals surface area contributed by atoms with Crippen molar-refractivity contribution < 1.29 is 4.79 Å². The van der Waals surface area contributed by atoms with Crippen molar-refractivity contribution in [1.29, 1.82) is 0 Å². The van der Waals surface area contributed by atoms with Crippen LogP contribution in [-0.2, 0) is 0 Å². The Hall–Kier alpha value is -2.07. The van der Waals surface area contributed by atoms with Gasteiger partial charge in [-0.2, -0.15) is 0 Å². The van der Waals surface area contributed by atoms with Crippen LogP contribution < -0.4 is 10.6 Å². The van der Waals surface area contributed by atoms with Crippen LogP contribution in [-0.4, -0.2) is 17.4 Å². The molecule has 21 heavy (non-hydrogen) atoms. The highest BCUT2D eigenvalue weighted by Gasteiger charge is 2.07. The van der Waals surface area contributed by atoms with Gasteiger partial charge in [0.15, 0.2) is 0 Å². The number of hydrogen-bond donors (Lipinski definition) is 2. The summed E-state index contributed by atoms with van der Waals surface area (Å²) in [6.07, 6.45) is 2.50. The van der Waals surface area contributed by atoms with Gasteiger partial charge in [-0.15, -0.1) is 0 Å². The van der Waals surface area contributed by atoms with Gasteiger partial charge in [0, 0.05) is 29.1 Å². The minimum absolute atomic E-state index is 0.164. The molecule has 0 atom stereocenters. The third-order valence-electron chi connectivity index (χ3n) is 2.99. The Balaban J connectivity index is 2.13. The molecule has 2 rings (SSSR count). The van der Waals surface area contributed by atoms with Gasteiger partial charge in [0.05, 0.1) is 0 Å². The molecule has 1 heterocycles. The van der Waals surface area contributed by atoms with Crippen LogP contribution >= 0.6 is 11.6 Å². The highest BCUT2D eigenvalue weighted by molar-refractivity contribution is 6.31. The smallest absolute Gasteiger partial charge is 0.269 e. The normalized spacial score (nSPS) is 10.2. The van der Waals surface area contributed by atoms with Crippen LogP contribution in [0, 0.1) is 6.92 Å². The minimum Gasteiger partial charge on any atom is -0.355 e. The van der Waals surface area contributed by atoms with Crippen molar-refractivity contribution >= 4 is 28.9 Å². The quantitative estimate of drug-likeness (QED) is 0.880. The lowest BCUT2D eigenvalue weighted by Crippen LogP contribution is -2.24. The number of rotatable bonds is 5. The summed E-state index contributed by atoms with van der Waals surface area (Å²) in [6, 6.07) is 9.27. The van der Waals surface area contributed by atoms with E-state index < -0.39 is 0 Å². The number of carbonyl (C=O) groups excluding carboxylic acids is 1. The zero-order valence-electron chi connectivity index (χ0n) is 12.1. The van der Waals surface area contributed by atoms with E-state index in [-0.39, 0.29) is 5.91 Å². The van der Waals surface area contributed by atoms with Crippen molar-refractivity contribution in [3.63, 3.8) is 0 Å². The lowest BCUT2D eigenvalue weighted by molar-refractivity contribution is 0.0949. The maximum Gasteiger partial charge on any atom is 0.269 e. The van der Waals surface area contributed by atoms with Crippen LogP contribution in [0.3, 0.4) is 0 Å². The zero-order chi connectivity index (χ0) is 15.2. The Morgan fingerprint density at radius 3 is 2.71 bits per heavy atom. The lowest BCUT2D eigenvalue weighted by Gasteiger charge is -2.09. The van der Waals surface area contributed by atoms with E-state index in [1.165, 1.54) is 0 Å². The number of hydrogen-bond acceptors (Lipinski definition) is 3. The predicted molar refractivity (Wildman–Crippen MR) is 86.3 cm³/mol. The first-order chi connectivity index (χ1) is 10.1. The van der Waals surface area contributed by atoms with Crippen molar-refractivity contribution in [2.45, 2.75) is 20.3 Å². The molecule has 0 bridgehead atoms. The van der Waals surface area contributed by atoms with Gasteiger partial charge in [0.25, 0.3) is 5.91 Å². The molecule has 0 spiro atoms. The van der Waals surface area contributed by atoms with Gasteiger partial charge >= 0.3 is 0 Å². The topological polar surface area (TPSA) is 54.0 Å². The minimum atomic E-state index is -0.164. The third kappa shape index (κ3) is 4.20. The Bertz CT molecular complexity index is 643. The Morgan fingerprint density at radius 1 is 1.24 bits per heavy atom. The Morgan fingerprint density at radius 2 is 2.00 bits per heavy atom. The van der Waals surface area contributed by atoms with E-state index in [4.69, 9.17) is 11.6 Å². The van der Waals surface area contributed by atoms with E-state index in [1.54, 1.807) is 12.3 Å². The molecule has 5 heteroatoms. The molecule has 0 aliphatic carbocycles. The first kappa shape index (κ1) is 15.3. The number of aryl methyl sites for hydroxylation is 1. The standard InChI is InChI=1S/C16H18ClN3O/c1-3-7-19-16(21)15-10-13(6-8-18-15)20-12-5-4-11(2)14(17)9-12/h4-6,8-10H,3,7H2,1-2H3,(H,18,20)(H,19,21). The van der Waals surface area contributed by atoms with Crippen LogP contribution in [0.15, 0.2) is 36.5 Å². The average molecular weight is 304 g/mol. The van der Waals surface area contributed by atoms with E-state index >= 15 is 0 Å². The molecule has 4 nitrogen and oxygen atoms in total. The fourth-order valence-electron chi connectivity index (χ4n) is 1.80. The fraction of sp³-hybridized carbons (Fsp3) is 0.250. The maximum atomic E-state index is 11.9. The average Bonchev–Trinajstić information content (AvgIpc) is 2.49. The summed E-state index contributed by atoms with van der Waals surface area (Å²) in [5, 5.41) is 6.73. The van der Waals surface area contributed by atoms with Crippen LogP contribution in [0.4, 0.5) is 11.4 Å². The van der Waals surface area contributed by atoms with Crippen molar-refractivity contribution in [3.8, 4) is 0 Å². The number of aromatic nitrogens is 1. The van der Waals surface area contributed by atoms with Crippen LogP contribution in [0.1, 0.15) is 29.4 Å². The first-order valence-corrected chi connectivity index (χ1v) is 7.25. The number of nitrogens with one attached hydrogen (secondary N) is 2. The molecule has 0 saturated carbocycles. The number of carbonyl (C=O) groups is 1. The molecular formula is C16H18ClN3O. The van der Waals surface area contributed by atoms with E-state index in [0.717, 1.165) is 23.4 Å². The summed E-state index contributed by atoms with van der Waals surface area (Å²) in [5.74, 6) is -0.164. The van der Waals surface area contributed by atoms with Gasteiger partial charge in [-0.3, -0.25) is 9.78 Å². The van der Waals surface area contributed by atoms with Gasteiger partial charge in [-0.25, -0.2) is 0 Å². The molecule has 0 aliphatic rings. The van der Waals surface area contributed by atoms with Crippen molar-refractivity contribution in [2.75, 3.05) is 11.9 Å².